The number of aromatic nitrogens is 2. The molecule has 0 bridgehead atoms. The Morgan fingerprint density at radius 2 is 1.97 bits per heavy atom. The van der Waals surface area contributed by atoms with Crippen LogP contribution < -0.4 is 24.6 Å². The highest BCUT2D eigenvalue weighted by Crippen LogP contribution is 2.29. The molecule has 192 valence electrons. The van der Waals surface area contributed by atoms with Crippen molar-refractivity contribution in [2.24, 2.45) is 0 Å². The van der Waals surface area contributed by atoms with Crippen LogP contribution in [0.15, 0.2) is 30.6 Å². The van der Waals surface area contributed by atoms with Crippen molar-refractivity contribution in [3.63, 3.8) is 0 Å². The lowest BCUT2D eigenvalue weighted by Gasteiger charge is -2.26. The van der Waals surface area contributed by atoms with Crippen LogP contribution in [0.2, 0.25) is 0 Å². The minimum absolute atomic E-state index is 0.495. The molecule has 2 saturated heterocycles. The molecule has 2 aliphatic rings. The number of nitrogens with one attached hydrogen (secondary N) is 1. The zero-order valence-electron chi connectivity index (χ0n) is 21.1. The number of nitrogens with zero attached hydrogens (tertiary/aromatic N) is 5. The molecule has 2 aromatic rings. The molecule has 2 aliphatic heterocycles. The van der Waals surface area contributed by atoms with Crippen molar-refractivity contribution in [3.8, 4) is 11.5 Å². The van der Waals surface area contributed by atoms with Crippen LogP contribution in [0.1, 0.15) is 12.0 Å². The normalized spacial score (nSPS) is 20.7. The second kappa shape index (κ2) is 11.9. The summed E-state index contributed by atoms with van der Waals surface area (Å²) in [4.78, 5) is 15.1. The lowest BCUT2D eigenvalue weighted by molar-refractivity contribution is 0.0321. The van der Waals surface area contributed by atoms with E-state index in [-0.39, 0.29) is 0 Å². The van der Waals surface area contributed by atoms with Gasteiger partial charge in [0.2, 0.25) is 0 Å². The van der Waals surface area contributed by atoms with E-state index in [0.717, 1.165) is 68.1 Å². The minimum atomic E-state index is -0.810. The predicted molar refractivity (Wildman–Crippen MR) is 136 cm³/mol. The van der Waals surface area contributed by atoms with Crippen molar-refractivity contribution in [2.45, 2.75) is 18.6 Å². The Hall–Kier alpha value is -2.66. The molecule has 2 fully saturated rings. The molecule has 0 spiro atoms. The number of aliphatic hydroxyl groups is 1. The third kappa shape index (κ3) is 6.94. The van der Waals surface area contributed by atoms with Crippen molar-refractivity contribution < 1.29 is 19.3 Å². The lowest BCUT2D eigenvalue weighted by atomic mass is 10.0. The van der Waals surface area contributed by atoms with Crippen LogP contribution in [0.4, 0.5) is 11.6 Å². The highest BCUT2D eigenvalue weighted by Gasteiger charge is 2.36. The molecule has 1 aromatic heterocycles. The summed E-state index contributed by atoms with van der Waals surface area (Å²) in [7, 11) is 5.57. The Labute approximate surface area is 207 Å². The van der Waals surface area contributed by atoms with Crippen molar-refractivity contribution in [1.82, 2.24) is 20.2 Å². The van der Waals surface area contributed by atoms with Crippen LogP contribution in [0.5, 0.6) is 11.5 Å². The molecule has 0 radical (unpaired) electrons. The van der Waals surface area contributed by atoms with Crippen molar-refractivity contribution in [1.29, 1.82) is 0 Å². The van der Waals surface area contributed by atoms with Gasteiger partial charge in [-0.05, 0) is 24.1 Å². The van der Waals surface area contributed by atoms with Gasteiger partial charge in [-0.1, -0.05) is 6.07 Å². The van der Waals surface area contributed by atoms with E-state index in [0.29, 0.717) is 32.7 Å². The average Bonchev–Trinajstić information content (AvgIpc) is 3.27. The predicted octanol–water partition coefficient (Wildman–Crippen LogP) is 0.993. The first kappa shape index (κ1) is 25.4. The molecule has 35 heavy (non-hydrogen) atoms. The Morgan fingerprint density at radius 1 is 1.14 bits per heavy atom. The van der Waals surface area contributed by atoms with E-state index in [1.54, 1.807) is 13.4 Å². The van der Waals surface area contributed by atoms with Crippen LogP contribution in [0, 0.1) is 0 Å². The van der Waals surface area contributed by atoms with Crippen LogP contribution in [-0.4, -0.2) is 106 Å². The summed E-state index contributed by atoms with van der Waals surface area (Å²) in [6, 6.07) is 7.94. The summed E-state index contributed by atoms with van der Waals surface area (Å²) in [5, 5.41) is 14.5. The number of rotatable bonds is 11. The van der Waals surface area contributed by atoms with Gasteiger partial charge in [-0.15, -0.1) is 0 Å². The van der Waals surface area contributed by atoms with Gasteiger partial charge in [0.05, 0.1) is 25.9 Å². The number of hydrogen-bond acceptors (Lipinski definition) is 10. The van der Waals surface area contributed by atoms with E-state index in [4.69, 9.17) is 14.2 Å². The van der Waals surface area contributed by atoms with E-state index in [1.165, 1.54) is 0 Å². The Bertz CT molecular complexity index is 955. The topological polar surface area (TPSA) is 95.5 Å². The molecule has 0 amide bonds. The molecular formula is C25H38N6O4. The summed E-state index contributed by atoms with van der Waals surface area (Å²) in [5.41, 5.74) is 0.267. The smallest absolute Gasteiger partial charge is 0.161 e. The number of benzene rings is 1. The lowest BCUT2D eigenvalue weighted by Crippen LogP contribution is -2.43. The maximum atomic E-state index is 11.1. The third-order valence-electron chi connectivity index (χ3n) is 6.53. The van der Waals surface area contributed by atoms with Gasteiger partial charge in [0.1, 0.15) is 24.6 Å². The van der Waals surface area contributed by atoms with Gasteiger partial charge in [-0.2, -0.15) is 0 Å². The molecule has 1 atom stereocenters. The summed E-state index contributed by atoms with van der Waals surface area (Å²) in [5.74, 6) is 3.16. The number of β-amino-alcohol motifs (C(OH)–C–C–N with tert-alkyl or cyclic N) is 1. The molecule has 2 N–H and O–H groups in total. The van der Waals surface area contributed by atoms with E-state index < -0.39 is 5.60 Å². The van der Waals surface area contributed by atoms with Gasteiger partial charge in [0.15, 0.2) is 11.5 Å². The first-order valence-corrected chi connectivity index (χ1v) is 12.2. The fraction of sp³-hybridized carbons (Fsp3) is 0.600. The van der Waals surface area contributed by atoms with Gasteiger partial charge in [0.25, 0.3) is 0 Å². The Morgan fingerprint density at radius 3 is 2.74 bits per heavy atom. The Kier molecular flexibility index (Phi) is 8.61. The first-order valence-electron chi connectivity index (χ1n) is 12.2. The van der Waals surface area contributed by atoms with Gasteiger partial charge in [-0.3, -0.25) is 4.90 Å². The van der Waals surface area contributed by atoms with Gasteiger partial charge < -0.3 is 34.4 Å². The molecule has 1 aromatic carbocycles. The number of hydrogen-bond donors (Lipinski definition) is 2. The van der Waals surface area contributed by atoms with E-state index in [2.05, 4.69) is 25.1 Å². The van der Waals surface area contributed by atoms with Gasteiger partial charge >= 0.3 is 0 Å². The van der Waals surface area contributed by atoms with Crippen molar-refractivity contribution in [3.05, 3.63) is 36.2 Å². The zero-order valence-corrected chi connectivity index (χ0v) is 21.1. The number of ether oxygens (including phenoxy) is 3. The summed E-state index contributed by atoms with van der Waals surface area (Å²) in [6.45, 7) is 7.37. The van der Waals surface area contributed by atoms with E-state index in [9.17, 15) is 5.11 Å². The summed E-state index contributed by atoms with van der Waals surface area (Å²) in [6.07, 6.45) is 2.25. The standard InChI is InChI=1S/C25H38N6O4/c1-29(2)23-15-24(28-19-27-23)31-7-6-25(32,18-31)17-26-16-20-4-5-21(22(14-20)33-3)35-13-10-30-8-11-34-12-9-30/h4-5,14-15,19,26,32H,6-13,16-18H2,1-3H3. The fourth-order valence-electron chi connectivity index (χ4n) is 4.44. The highest BCUT2D eigenvalue weighted by atomic mass is 16.5. The van der Waals surface area contributed by atoms with Crippen LogP contribution in [0.25, 0.3) is 0 Å². The summed E-state index contributed by atoms with van der Waals surface area (Å²) >= 11 is 0. The molecule has 4 rings (SSSR count). The molecular weight excluding hydrogens is 448 g/mol. The van der Waals surface area contributed by atoms with Crippen LogP contribution >= 0.6 is 0 Å². The largest absolute Gasteiger partial charge is 0.493 e. The van der Waals surface area contributed by atoms with Gasteiger partial charge in [-0.25, -0.2) is 9.97 Å². The average molecular weight is 487 g/mol. The molecule has 1 unspecified atom stereocenters. The van der Waals surface area contributed by atoms with Gasteiger partial charge in [0, 0.05) is 66.0 Å². The van der Waals surface area contributed by atoms with E-state index in [1.807, 2.05) is 43.3 Å². The Balaban J connectivity index is 1.25. The molecule has 10 heteroatoms. The molecule has 0 saturated carbocycles. The molecule has 10 nitrogen and oxygen atoms in total. The van der Waals surface area contributed by atoms with Crippen LogP contribution in [-0.2, 0) is 11.3 Å². The maximum absolute atomic E-state index is 11.1. The van der Waals surface area contributed by atoms with Crippen LogP contribution in [0.3, 0.4) is 0 Å². The third-order valence-corrected chi connectivity index (χ3v) is 6.53. The molecule has 0 aliphatic carbocycles. The van der Waals surface area contributed by atoms with E-state index >= 15 is 0 Å². The number of methoxy groups -OCH3 is 1. The number of morpholine rings is 1. The highest BCUT2D eigenvalue weighted by molar-refractivity contribution is 5.50. The first-order chi connectivity index (χ1) is 17.0. The zero-order chi connectivity index (χ0) is 24.7. The quantitative estimate of drug-likeness (QED) is 0.479. The second-order valence-corrected chi connectivity index (χ2v) is 9.42. The molecule has 3 heterocycles. The van der Waals surface area contributed by atoms with Crippen molar-refractivity contribution in [2.75, 3.05) is 90.1 Å². The fourth-order valence-corrected chi connectivity index (χ4v) is 4.44. The maximum Gasteiger partial charge on any atom is 0.161 e. The summed E-state index contributed by atoms with van der Waals surface area (Å²) < 4.78 is 16.9. The SMILES string of the molecule is COc1cc(CNCC2(O)CCN(c3cc(N(C)C)ncn3)C2)ccc1OCCN1CCOCC1. The monoisotopic (exact) mass is 486 g/mol. The number of anilines is 2. The van der Waals surface area contributed by atoms with Crippen molar-refractivity contribution >= 4 is 11.6 Å². The minimum Gasteiger partial charge on any atom is -0.493 e. The second-order valence-electron chi connectivity index (χ2n) is 9.42.